The minimum absolute atomic E-state index is 0.0192. The molecule has 0 aliphatic rings. The van der Waals surface area contributed by atoms with Crippen LogP contribution in [0.3, 0.4) is 0 Å². The summed E-state index contributed by atoms with van der Waals surface area (Å²) in [7, 11) is -1.09. The van der Waals surface area contributed by atoms with E-state index in [4.69, 9.17) is 27.9 Å². The van der Waals surface area contributed by atoms with Gasteiger partial charge in [0, 0.05) is 36.0 Å². The van der Waals surface area contributed by atoms with Gasteiger partial charge in [-0.3, -0.25) is 4.72 Å². The second-order valence-electron chi connectivity index (χ2n) is 7.70. The molecule has 0 saturated carbocycles. The van der Waals surface area contributed by atoms with Gasteiger partial charge in [-0.1, -0.05) is 40.5 Å². The molecule has 0 spiro atoms. The number of aromatic nitrogens is 2. The molecule has 0 aliphatic heterocycles. The molecule has 2 N–H and O–H groups in total. The molecule has 10 nitrogen and oxygen atoms in total. The number of halogens is 2. The quantitative estimate of drug-likeness (QED) is 0.299. The van der Waals surface area contributed by atoms with Crippen molar-refractivity contribution in [2.24, 2.45) is 0 Å². The Morgan fingerprint density at radius 3 is 2.46 bits per heavy atom. The topological polar surface area (TPSA) is 127 Å². The van der Waals surface area contributed by atoms with Crippen molar-refractivity contribution in [1.29, 1.82) is 0 Å². The fourth-order valence-electron chi connectivity index (χ4n) is 3.44. The van der Waals surface area contributed by atoms with Gasteiger partial charge in [-0.15, -0.1) is 0 Å². The minimum Gasteiger partial charge on any atom is -0.494 e. The summed E-state index contributed by atoms with van der Waals surface area (Å²) < 4.78 is 37.8. The highest BCUT2D eigenvalue weighted by atomic mass is 35.5. The van der Waals surface area contributed by atoms with Crippen LogP contribution in [-0.4, -0.2) is 38.7 Å². The summed E-state index contributed by atoms with van der Waals surface area (Å²) in [6.45, 7) is 1.89. The van der Waals surface area contributed by atoms with E-state index in [0.29, 0.717) is 27.0 Å². The molecule has 0 aliphatic carbocycles. The Bertz CT molecular complexity index is 1540. The van der Waals surface area contributed by atoms with Gasteiger partial charge in [-0.2, -0.15) is 0 Å². The van der Waals surface area contributed by atoms with Crippen molar-refractivity contribution in [3.63, 3.8) is 0 Å². The lowest BCUT2D eigenvalue weighted by atomic mass is 10.0. The van der Waals surface area contributed by atoms with Crippen LogP contribution in [-0.2, 0) is 10.0 Å². The molecule has 4 rings (SSSR count). The van der Waals surface area contributed by atoms with E-state index in [-0.39, 0.29) is 16.5 Å². The second kappa shape index (κ2) is 10.7. The molecule has 0 saturated heterocycles. The van der Waals surface area contributed by atoms with E-state index in [1.807, 2.05) is 19.1 Å². The van der Waals surface area contributed by atoms with Gasteiger partial charge in [-0.25, -0.2) is 23.1 Å². The SMILES string of the molecule is CNC(=O)N(c1ccc(S(=O)(=O)Nc2ccon2)cn1)c1cc(-c2ccc(C)c(Cl)c2)c(Cl)cc1OC. The van der Waals surface area contributed by atoms with Gasteiger partial charge in [0.2, 0.25) is 0 Å². The molecule has 0 fully saturated rings. The van der Waals surface area contributed by atoms with Gasteiger partial charge >= 0.3 is 6.03 Å². The van der Waals surface area contributed by atoms with Crippen molar-refractivity contribution in [2.75, 3.05) is 23.8 Å². The fraction of sp³-hybridized carbons (Fsp3) is 0.125. The number of ether oxygens (including phenoxy) is 1. The molecule has 2 aromatic heterocycles. The molecule has 2 aromatic carbocycles. The maximum atomic E-state index is 13.0. The van der Waals surface area contributed by atoms with Gasteiger partial charge in [0.05, 0.1) is 17.8 Å². The summed E-state index contributed by atoms with van der Waals surface area (Å²) in [6.07, 6.45) is 2.36. The first-order chi connectivity index (χ1) is 17.6. The molecule has 2 amide bonds. The number of nitrogens with one attached hydrogen (secondary N) is 2. The van der Waals surface area contributed by atoms with Gasteiger partial charge < -0.3 is 14.6 Å². The average Bonchev–Trinajstić information content (AvgIpc) is 3.39. The number of carbonyl (C=O) groups excluding carboxylic acids is 1. The van der Waals surface area contributed by atoms with E-state index in [9.17, 15) is 13.2 Å². The zero-order valence-corrected chi connectivity index (χ0v) is 22.1. The fourth-order valence-corrected chi connectivity index (χ4v) is 4.82. The lowest BCUT2D eigenvalue weighted by molar-refractivity contribution is 0.250. The van der Waals surface area contributed by atoms with Crippen LogP contribution in [0.2, 0.25) is 10.0 Å². The first kappa shape index (κ1) is 26.3. The number of urea groups is 1. The van der Waals surface area contributed by atoms with Crippen LogP contribution < -0.4 is 19.7 Å². The van der Waals surface area contributed by atoms with Crippen molar-refractivity contribution < 1.29 is 22.5 Å². The van der Waals surface area contributed by atoms with Crippen LogP contribution in [0.15, 0.2) is 70.4 Å². The zero-order chi connectivity index (χ0) is 26.7. The Hall–Kier alpha value is -3.80. The van der Waals surface area contributed by atoms with E-state index < -0.39 is 16.1 Å². The van der Waals surface area contributed by atoms with Crippen molar-refractivity contribution in [2.45, 2.75) is 11.8 Å². The summed E-state index contributed by atoms with van der Waals surface area (Å²) in [5.41, 5.74) is 2.56. The van der Waals surface area contributed by atoms with Crippen LogP contribution >= 0.6 is 23.2 Å². The zero-order valence-electron chi connectivity index (χ0n) is 19.8. The monoisotopic (exact) mass is 561 g/mol. The molecule has 4 aromatic rings. The Morgan fingerprint density at radius 1 is 1.08 bits per heavy atom. The summed E-state index contributed by atoms with van der Waals surface area (Å²) in [5.74, 6) is 0.445. The van der Waals surface area contributed by atoms with E-state index >= 15 is 0 Å². The van der Waals surface area contributed by atoms with Crippen molar-refractivity contribution >= 4 is 56.6 Å². The molecule has 0 unspecified atom stereocenters. The number of rotatable bonds is 7. The summed E-state index contributed by atoms with van der Waals surface area (Å²) in [5, 5.41) is 7.04. The highest BCUT2D eigenvalue weighted by molar-refractivity contribution is 7.92. The molecule has 0 atom stereocenters. The van der Waals surface area contributed by atoms with E-state index in [1.165, 1.54) is 43.5 Å². The number of anilines is 3. The van der Waals surface area contributed by atoms with E-state index in [2.05, 4.69) is 24.7 Å². The number of benzene rings is 2. The third-order valence-corrected chi connectivity index (χ3v) is 7.41. The van der Waals surface area contributed by atoms with Gasteiger partial charge in [-0.05, 0) is 42.3 Å². The van der Waals surface area contributed by atoms with Crippen LogP contribution in [0.5, 0.6) is 5.75 Å². The largest absolute Gasteiger partial charge is 0.494 e. The Kier molecular flexibility index (Phi) is 7.58. The van der Waals surface area contributed by atoms with Crippen LogP contribution in [0.4, 0.5) is 22.1 Å². The normalized spacial score (nSPS) is 11.2. The minimum atomic E-state index is -3.99. The first-order valence-electron chi connectivity index (χ1n) is 10.7. The molecule has 37 heavy (non-hydrogen) atoms. The van der Waals surface area contributed by atoms with Crippen LogP contribution in [0.25, 0.3) is 11.1 Å². The first-order valence-corrected chi connectivity index (χ1v) is 12.9. The highest BCUT2D eigenvalue weighted by Gasteiger charge is 2.25. The standard InChI is InChI=1S/C24H21Cl2N5O5S/c1-14-4-5-15(10-18(14)25)17-11-20(21(35-3)12-19(17)26)31(24(32)27-2)23-7-6-16(13-28-23)37(33,34)30-22-8-9-36-29-22/h4-13H,1-3H3,(H,27,32)(H,29,30). The molecule has 13 heteroatoms. The molecule has 0 bridgehead atoms. The maximum absolute atomic E-state index is 13.0. The number of hydrogen-bond donors (Lipinski definition) is 2. The Morgan fingerprint density at radius 2 is 1.86 bits per heavy atom. The third kappa shape index (κ3) is 5.48. The van der Waals surface area contributed by atoms with Gasteiger partial charge in [0.15, 0.2) is 5.82 Å². The summed E-state index contributed by atoms with van der Waals surface area (Å²) in [6, 6.07) is 12.3. The van der Waals surface area contributed by atoms with Gasteiger partial charge in [0.1, 0.15) is 22.7 Å². The van der Waals surface area contributed by atoms with E-state index in [1.54, 1.807) is 18.2 Å². The third-order valence-electron chi connectivity index (χ3n) is 5.35. The molecule has 192 valence electrons. The smallest absolute Gasteiger partial charge is 0.327 e. The number of amides is 2. The van der Waals surface area contributed by atoms with Gasteiger partial charge in [0.25, 0.3) is 10.0 Å². The van der Waals surface area contributed by atoms with Crippen LogP contribution in [0, 0.1) is 6.92 Å². The van der Waals surface area contributed by atoms with E-state index in [0.717, 1.165) is 17.3 Å². The predicted molar refractivity (Wildman–Crippen MR) is 141 cm³/mol. The summed E-state index contributed by atoms with van der Waals surface area (Å²) >= 11 is 12.9. The van der Waals surface area contributed by atoms with Crippen molar-refractivity contribution in [3.05, 3.63) is 76.6 Å². The number of sulfonamides is 1. The molecule has 0 radical (unpaired) electrons. The lowest BCUT2D eigenvalue weighted by Gasteiger charge is -2.24. The maximum Gasteiger partial charge on any atom is 0.327 e. The number of carbonyl (C=O) groups is 1. The predicted octanol–water partition coefficient (Wildman–Crippen LogP) is 5.64. The highest BCUT2D eigenvalue weighted by Crippen LogP contribution is 2.42. The number of hydrogen-bond acceptors (Lipinski definition) is 7. The molecular formula is C24H21Cl2N5O5S. The molecular weight excluding hydrogens is 541 g/mol. The summed E-state index contributed by atoms with van der Waals surface area (Å²) in [4.78, 5) is 18.4. The average molecular weight is 562 g/mol. The van der Waals surface area contributed by atoms with Crippen molar-refractivity contribution in [3.8, 4) is 16.9 Å². The number of aryl methyl sites for hydroxylation is 1. The lowest BCUT2D eigenvalue weighted by Crippen LogP contribution is -2.35. The number of pyridine rings is 1. The number of methoxy groups -OCH3 is 1. The number of nitrogens with zero attached hydrogens (tertiary/aromatic N) is 3. The Balaban J connectivity index is 1.79. The Labute approximate surface area is 223 Å². The molecule has 2 heterocycles. The van der Waals surface area contributed by atoms with Crippen molar-refractivity contribution in [1.82, 2.24) is 15.5 Å². The second-order valence-corrected chi connectivity index (χ2v) is 10.2. The van der Waals surface area contributed by atoms with Crippen LogP contribution in [0.1, 0.15) is 5.56 Å².